The molecule has 1 saturated heterocycles. The number of hydrogen-bond donors (Lipinski definition) is 1. The highest BCUT2D eigenvalue weighted by Crippen LogP contribution is 2.26. The van der Waals surface area contributed by atoms with E-state index in [-0.39, 0.29) is 18.2 Å². The van der Waals surface area contributed by atoms with Gasteiger partial charge in [0.15, 0.2) is 0 Å². The van der Waals surface area contributed by atoms with Crippen LogP contribution < -0.4 is 10.1 Å². The van der Waals surface area contributed by atoms with Gasteiger partial charge in [-0.3, -0.25) is 4.79 Å². The van der Waals surface area contributed by atoms with Gasteiger partial charge in [-0.05, 0) is 35.4 Å². The largest absolute Gasteiger partial charge is 0.497 e. The molecule has 8 nitrogen and oxygen atoms in total. The van der Waals surface area contributed by atoms with Gasteiger partial charge < -0.3 is 14.8 Å². The molecule has 1 amide bonds. The van der Waals surface area contributed by atoms with Crippen molar-refractivity contribution >= 4 is 27.3 Å². The van der Waals surface area contributed by atoms with Crippen LogP contribution in [0.1, 0.15) is 21.6 Å². The summed E-state index contributed by atoms with van der Waals surface area (Å²) in [6.45, 7) is 1.75. The van der Waals surface area contributed by atoms with Crippen LogP contribution in [-0.2, 0) is 27.1 Å². The van der Waals surface area contributed by atoms with Crippen molar-refractivity contribution in [2.24, 2.45) is 0 Å². The number of methoxy groups -OCH3 is 1. The van der Waals surface area contributed by atoms with E-state index in [9.17, 15) is 13.2 Å². The maximum absolute atomic E-state index is 12.8. The van der Waals surface area contributed by atoms with E-state index in [1.165, 1.54) is 15.6 Å². The normalized spacial score (nSPS) is 14.7. The molecule has 0 bridgehead atoms. The second kappa shape index (κ2) is 10.4. The van der Waals surface area contributed by atoms with Gasteiger partial charge in [-0.1, -0.05) is 24.3 Å². The van der Waals surface area contributed by atoms with Gasteiger partial charge in [0.25, 0.3) is 5.91 Å². The minimum atomic E-state index is -3.46. The number of rotatable bonds is 8. The van der Waals surface area contributed by atoms with Gasteiger partial charge in [0.1, 0.15) is 16.5 Å². The van der Waals surface area contributed by atoms with E-state index in [4.69, 9.17) is 9.47 Å². The lowest BCUT2D eigenvalue weighted by atomic mass is 10.1. The Morgan fingerprint density at radius 2 is 1.82 bits per heavy atom. The molecule has 1 aliphatic heterocycles. The van der Waals surface area contributed by atoms with Gasteiger partial charge >= 0.3 is 0 Å². The average Bonchev–Trinajstić information content (AvgIpc) is 3.34. The number of morpholine rings is 1. The highest BCUT2D eigenvalue weighted by molar-refractivity contribution is 7.88. The van der Waals surface area contributed by atoms with Crippen molar-refractivity contribution in [3.05, 3.63) is 70.7 Å². The minimum Gasteiger partial charge on any atom is -0.497 e. The van der Waals surface area contributed by atoms with E-state index >= 15 is 0 Å². The molecule has 4 rings (SSSR count). The van der Waals surface area contributed by atoms with Crippen LogP contribution in [0.2, 0.25) is 0 Å². The van der Waals surface area contributed by atoms with E-state index in [1.54, 1.807) is 24.6 Å². The molecule has 0 radical (unpaired) electrons. The van der Waals surface area contributed by atoms with E-state index in [1.807, 2.05) is 36.4 Å². The zero-order chi connectivity index (χ0) is 23.3. The Hall–Kier alpha value is -2.79. The van der Waals surface area contributed by atoms with Gasteiger partial charge in [0.2, 0.25) is 10.0 Å². The predicted molar refractivity (Wildman–Crippen MR) is 127 cm³/mol. The quantitative estimate of drug-likeness (QED) is 0.525. The summed E-state index contributed by atoms with van der Waals surface area (Å²) in [7, 11) is -1.85. The molecule has 0 atom stereocenters. The summed E-state index contributed by atoms with van der Waals surface area (Å²) in [6, 6.07) is 14.7. The highest BCUT2D eigenvalue weighted by Gasteiger charge is 2.25. The van der Waals surface area contributed by atoms with E-state index in [0.717, 1.165) is 21.9 Å². The fourth-order valence-electron chi connectivity index (χ4n) is 3.49. The molecule has 33 heavy (non-hydrogen) atoms. The van der Waals surface area contributed by atoms with Crippen molar-refractivity contribution in [1.29, 1.82) is 0 Å². The number of hydrogen-bond acceptors (Lipinski definition) is 7. The molecular weight excluding hydrogens is 462 g/mol. The first-order chi connectivity index (χ1) is 16.0. The molecule has 2 heterocycles. The Morgan fingerprint density at radius 1 is 1.12 bits per heavy atom. The summed E-state index contributed by atoms with van der Waals surface area (Å²) in [5.74, 6) is 0.330. The van der Waals surface area contributed by atoms with Crippen LogP contribution in [0.5, 0.6) is 5.75 Å². The third-order valence-electron chi connectivity index (χ3n) is 5.33. The van der Waals surface area contributed by atoms with Gasteiger partial charge in [-0.2, -0.15) is 4.31 Å². The Bertz CT molecular complexity index is 1200. The molecule has 10 heteroatoms. The lowest BCUT2D eigenvalue weighted by Crippen LogP contribution is -2.41. The van der Waals surface area contributed by atoms with Gasteiger partial charge in [0, 0.05) is 30.6 Å². The summed E-state index contributed by atoms with van der Waals surface area (Å²) in [5, 5.41) is 5.31. The van der Waals surface area contributed by atoms with Crippen molar-refractivity contribution < 1.29 is 22.7 Å². The van der Waals surface area contributed by atoms with Gasteiger partial charge in [0.05, 0.1) is 26.1 Å². The molecule has 1 fully saturated rings. The van der Waals surface area contributed by atoms with Crippen molar-refractivity contribution in [1.82, 2.24) is 14.6 Å². The zero-order valence-electron chi connectivity index (χ0n) is 18.2. The summed E-state index contributed by atoms with van der Waals surface area (Å²) >= 11 is 1.39. The number of amides is 1. The highest BCUT2D eigenvalue weighted by atomic mass is 32.2. The molecule has 0 spiro atoms. The molecule has 2 aromatic carbocycles. The second-order valence-corrected chi connectivity index (χ2v) is 10.3. The smallest absolute Gasteiger partial charge is 0.271 e. The fraction of sp³-hybridized carbons (Fsp3) is 0.304. The Morgan fingerprint density at radius 3 is 2.52 bits per heavy atom. The fourth-order valence-corrected chi connectivity index (χ4v) is 5.86. The van der Waals surface area contributed by atoms with Crippen molar-refractivity contribution in [2.75, 3.05) is 33.4 Å². The molecule has 1 N–H and O–H groups in total. The maximum Gasteiger partial charge on any atom is 0.271 e. The van der Waals surface area contributed by atoms with E-state index in [2.05, 4.69) is 10.3 Å². The minimum absolute atomic E-state index is 0.114. The van der Waals surface area contributed by atoms with Crippen molar-refractivity contribution in [2.45, 2.75) is 12.3 Å². The third kappa shape index (κ3) is 5.77. The Kier molecular flexibility index (Phi) is 7.39. The first kappa shape index (κ1) is 23.4. The second-order valence-electron chi connectivity index (χ2n) is 7.49. The third-order valence-corrected chi connectivity index (χ3v) is 8.05. The molecule has 1 aromatic heterocycles. The summed E-state index contributed by atoms with van der Waals surface area (Å²) in [4.78, 5) is 17.1. The number of thiazole rings is 1. The molecular formula is C23H25N3O5S2. The summed E-state index contributed by atoms with van der Waals surface area (Å²) in [6.07, 6.45) is 0. The van der Waals surface area contributed by atoms with E-state index in [0.29, 0.717) is 37.6 Å². The molecule has 3 aromatic rings. The Balaban J connectivity index is 1.41. The SMILES string of the molecule is COc1ccc(-c2nc(C(=O)NCc3ccccc3CS(=O)(=O)N3CCOCC3)cs2)cc1. The molecule has 0 unspecified atom stereocenters. The molecule has 0 aliphatic carbocycles. The van der Waals surface area contributed by atoms with Crippen molar-refractivity contribution in [3.8, 4) is 16.3 Å². The maximum atomic E-state index is 12.8. The monoisotopic (exact) mass is 487 g/mol. The molecule has 1 aliphatic rings. The number of aromatic nitrogens is 1. The molecule has 174 valence electrons. The number of ether oxygens (including phenoxy) is 2. The van der Waals surface area contributed by atoms with Crippen LogP contribution in [0, 0.1) is 0 Å². The number of nitrogens with zero attached hydrogens (tertiary/aromatic N) is 2. The van der Waals surface area contributed by atoms with Crippen LogP contribution in [0.4, 0.5) is 0 Å². The summed E-state index contributed by atoms with van der Waals surface area (Å²) < 4.78 is 37.5. The lowest BCUT2D eigenvalue weighted by Gasteiger charge is -2.26. The summed E-state index contributed by atoms with van der Waals surface area (Å²) in [5.41, 5.74) is 2.65. The number of benzene rings is 2. The lowest BCUT2D eigenvalue weighted by molar-refractivity contribution is 0.0729. The number of carbonyl (C=O) groups is 1. The topological polar surface area (TPSA) is 97.8 Å². The first-order valence-electron chi connectivity index (χ1n) is 10.5. The van der Waals surface area contributed by atoms with Crippen LogP contribution in [0.3, 0.4) is 0 Å². The van der Waals surface area contributed by atoms with Crippen LogP contribution in [-0.4, -0.2) is 57.0 Å². The average molecular weight is 488 g/mol. The van der Waals surface area contributed by atoms with Crippen LogP contribution in [0.25, 0.3) is 10.6 Å². The zero-order valence-corrected chi connectivity index (χ0v) is 19.8. The number of carbonyl (C=O) groups excluding carboxylic acids is 1. The van der Waals surface area contributed by atoms with Crippen molar-refractivity contribution in [3.63, 3.8) is 0 Å². The molecule has 0 saturated carbocycles. The van der Waals surface area contributed by atoms with Gasteiger partial charge in [-0.15, -0.1) is 11.3 Å². The standard InChI is InChI=1S/C23H25N3O5S2/c1-30-20-8-6-17(7-9-20)23-25-21(15-32-23)22(27)24-14-18-4-2-3-5-19(18)16-33(28,29)26-10-12-31-13-11-26/h2-9,15H,10-14,16H2,1H3,(H,24,27). The van der Waals surface area contributed by atoms with Crippen LogP contribution in [0.15, 0.2) is 53.9 Å². The van der Waals surface area contributed by atoms with Crippen LogP contribution >= 0.6 is 11.3 Å². The number of sulfonamides is 1. The van der Waals surface area contributed by atoms with E-state index < -0.39 is 10.0 Å². The Labute approximate surface area is 197 Å². The van der Waals surface area contributed by atoms with Gasteiger partial charge in [-0.25, -0.2) is 13.4 Å². The first-order valence-corrected chi connectivity index (χ1v) is 13.0. The number of nitrogens with one attached hydrogen (secondary N) is 1. The predicted octanol–water partition coefficient (Wildman–Crippen LogP) is 2.91.